The molecule has 2 saturated heterocycles. The predicted octanol–water partition coefficient (Wildman–Crippen LogP) is 2.65. The van der Waals surface area contributed by atoms with E-state index in [1.165, 1.54) is 0 Å². The van der Waals surface area contributed by atoms with E-state index >= 15 is 0 Å². The summed E-state index contributed by atoms with van der Waals surface area (Å²) >= 11 is 0. The first-order valence-corrected chi connectivity index (χ1v) is 11.2. The summed E-state index contributed by atoms with van der Waals surface area (Å²) < 4.78 is 0. The summed E-state index contributed by atoms with van der Waals surface area (Å²) in [6.07, 6.45) is 4.11. The highest BCUT2D eigenvalue weighted by molar-refractivity contribution is 6.06. The lowest BCUT2D eigenvalue weighted by Crippen LogP contribution is -2.47. The molecule has 2 aliphatic rings. The lowest BCUT2D eigenvalue weighted by atomic mass is 9.98. The van der Waals surface area contributed by atoms with E-state index in [4.69, 9.17) is 4.98 Å². The number of piperazine rings is 1. The number of carbonyl (C=O) groups excluding carboxylic acids is 2. The Morgan fingerprint density at radius 3 is 2.53 bits per heavy atom. The van der Waals surface area contributed by atoms with Gasteiger partial charge in [0, 0.05) is 68.7 Å². The number of hydrogen-bond acceptors (Lipinski definition) is 5. The Morgan fingerprint density at radius 1 is 0.938 bits per heavy atom. The van der Waals surface area contributed by atoms with Gasteiger partial charge in [0.05, 0.1) is 16.6 Å². The molecule has 32 heavy (non-hydrogen) atoms. The van der Waals surface area contributed by atoms with Crippen LogP contribution in [0.5, 0.6) is 0 Å². The zero-order valence-corrected chi connectivity index (χ0v) is 18.3. The lowest BCUT2D eigenvalue weighted by Gasteiger charge is -2.32. The Kier molecular flexibility index (Phi) is 5.57. The van der Waals surface area contributed by atoms with Gasteiger partial charge in [0.25, 0.3) is 11.8 Å². The smallest absolute Gasteiger partial charge is 0.255 e. The first kappa shape index (κ1) is 20.6. The summed E-state index contributed by atoms with van der Waals surface area (Å²) in [5.74, 6) is 0.175. The van der Waals surface area contributed by atoms with Gasteiger partial charge >= 0.3 is 0 Å². The molecule has 4 heterocycles. The zero-order valence-electron chi connectivity index (χ0n) is 18.3. The van der Waals surface area contributed by atoms with E-state index in [0.29, 0.717) is 24.2 Å². The summed E-state index contributed by atoms with van der Waals surface area (Å²) in [7, 11) is 2.08. The summed E-state index contributed by atoms with van der Waals surface area (Å²) in [4.78, 5) is 41.3. The van der Waals surface area contributed by atoms with Gasteiger partial charge in [-0.25, -0.2) is 0 Å². The monoisotopic (exact) mass is 429 g/mol. The normalized spacial score (nSPS) is 19.5. The van der Waals surface area contributed by atoms with E-state index in [1.54, 1.807) is 24.5 Å². The average Bonchev–Trinajstić information content (AvgIpc) is 3.34. The fourth-order valence-corrected chi connectivity index (χ4v) is 4.62. The van der Waals surface area contributed by atoms with Gasteiger partial charge in [-0.05, 0) is 37.7 Å². The minimum atomic E-state index is -0.00451. The maximum absolute atomic E-state index is 13.5. The number of para-hydroxylation sites is 1. The van der Waals surface area contributed by atoms with Gasteiger partial charge < -0.3 is 14.7 Å². The lowest BCUT2D eigenvalue weighted by molar-refractivity contribution is 0.0665. The van der Waals surface area contributed by atoms with Crippen molar-refractivity contribution in [3.05, 3.63) is 71.7 Å². The molecule has 0 aliphatic carbocycles. The maximum Gasteiger partial charge on any atom is 0.255 e. The third-order valence-corrected chi connectivity index (χ3v) is 6.56. The van der Waals surface area contributed by atoms with Crippen LogP contribution in [-0.4, -0.2) is 82.8 Å². The Balaban J connectivity index is 1.42. The molecule has 0 unspecified atom stereocenters. The number of carbonyl (C=O) groups is 2. The number of benzene rings is 1. The molecule has 5 rings (SSSR count). The van der Waals surface area contributed by atoms with Gasteiger partial charge in [-0.15, -0.1) is 0 Å². The van der Waals surface area contributed by atoms with Crippen LogP contribution in [0.3, 0.4) is 0 Å². The van der Waals surface area contributed by atoms with Crippen LogP contribution in [-0.2, 0) is 0 Å². The Morgan fingerprint density at radius 2 is 1.75 bits per heavy atom. The average molecular weight is 430 g/mol. The van der Waals surface area contributed by atoms with Crippen LogP contribution in [0.1, 0.15) is 38.7 Å². The Hall–Kier alpha value is -3.32. The SMILES string of the molecule is CN1CCN(C(=O)c2cc([C@@H]3CCN(C(=O)c4cccnc4)C3)nc3ccccc23)CC1. The van der Waals surface area contributed by atoms with Crippen molar-refractivity contribution in [2.75, 3.05) is 46.3 Å². The van der Waals surface area contributed by atoms with Crippen LogP contribution in [0.15, 0.2) is 54.9 Å². The quantitative estimate of drug-likeness (QED) is 0.640. The fraction of sp³-hybridized carbons (Fsp3) is 0.360. The van der Waals surface area contributed by atoms with E-state index in [0.717, 1.165) is 49.2 Å². The molecule has 0 saturated carbocycles. The second-order valence-corrected chi connectivity index (χ2v) is 8.69. The summed E-state index contributed by atoms with van der Waals surface area (Å²) in [6, 6.07) is 13.4. The number of rotatable bonds is 3. The number of aromatic nitrogens is 2. The Bertz CT molecular complexity index is 1140. The van der Waals surface area contributed by atoms with Crippen LogP contribution < -0.4 is 0 Å². The van der Waals surface area contributed by atoms with Crippen molar-refractivity contribution in [1.29, 1.82) is 0 Å². The van der Waals surface area contributed by atoms with E-state index in [9.17, 15) is 9.59 Å². The van der Waals surface area contributed by atoms with Crippen molar-refractivity contribution in [2.45, 2.75) is 12.3 Å². The molecule has 0 radical (unpaired) electrons. The number of hydrogen-bond donors (Lipinski definition) is 0. The van der Waals surface area contributed by atoms with E-state index in [-0.39, 0.29) is 17.7 Å². The highest BCUT2D eigenvalue weighted by Crippen LogP contribution is 2.30. The molecule has 2 fully saturated rings. The Labute approximate surface area is 187 Å². The molecule has 2 aromatic heterocycles. The van der Waals surface area contributed by atoms with E-state index < -0.39 is 0 Å². The standard InChI is InChI=1S/C25H27N5O2/c1-28-11-13-29(14-12-28)25(32)21-15-23(27-22-7-3-2-6-20(21)22)19-8-10-30(17-19)24(31)18-5-4-9-26-16-18/h2-7,9,15-16,19H,8,10-14,17H2,1H3/t19-/m1/s1. The number of nitrogens with zero attached hydrogens (tertiary/aromatic N) is 5. The third kappa shape index (κ3) is 3.96. The number of likely N-dealkylation sites (N-methyl/N-ethyl adjacent to an activating group) is 1. The number of pyridine rings is 2. The number of fused-ring (bicyclic) bond motifs is 1. The van der Waals surface area contributed by atoms with Crippen LogP contribution in [0.2, 0.25) is 0 Å². The second-order valence-electron chi connectivity index (χ2n) is 8.69. The minimum absolute atomic E-state index is 0.00451. The van der Waals surface area contributed by atoms with Crippen LogP contribution in [0, 0.1) is 0 Å². The molecule has 164 valence electrons. The molecule has 2 amide bonds. The number of amides is 2. The molecule has 0 N–H and O–H groups in total. The minimum Gasteiger partial charge on any atom is -0.338 e. The summed E-state index contributed by atoms with van der Waals surface area (Å²) in [5.41, 5.74) is 3.04. The van der Waals surface area contributed by atoms with E-state index in [1.807, 2.05) is 40.1 Å². The van der Waals surface area contributed by atoms with Gasteiger partial charge in [-0.2, -0.15) is 0 Å². The number of likely N-dealkylation sites (tertiary alicyclic amines) is 1. The highest BCUT2D eigenvalue weighted by atomic mass is 16.2. The van der Waals surface area contributed by atoms with Crippen molar-refractivity contribution < 1.29 is 9.59 Å². The van der Waals surface area contributed by atoms with Crippen molar-refractivity contribution in [3.8, 4) is 0 Å². The van der Waals surface area contributed by atoms with Crippen LogP contribution >= 0.6 is 0 Å². The van der Waals surface area contributed by atoms with E-state index in [2.05, 4.69) is 16.9 Å². The first-order valence-electron chi connectivity index (χ1n) is 11.2. The van der Waals surface area contributed by atoms with Crippen molar-refractivity contribution in [1.82, 2.24) is 24.7 Å². The van der Waals surface area contributed by atoms with Gasteiger partial charge in [-0.3, -0.25) is 19.6 Å². The molecule has 0 bridgehead atoms. The molecule has 0 spiro atoms. The third-order valence-electron chi connectivity index (χ3n) is 6.56. The fourth-order valence-electron chi connectivity index (χ4n) is 4.62. The first-order chi connectivity index (χ1) is 15.6. The second kappa shape index (κ2) is 8.67. The summed E-state index contributed by atoms with van der Waals surface area (Å²) in [5, 5.41) is 0.890. The van der Waals surface area contributed by atoms with Crippen molar-refractivity contribution in [2.24, 2.45) is 0 Å². The highest BCUT2D eigenvalue weighted by Gasteiger charge is 2.30. The van der Waals surface area contributed by atoms with Crippen LogP contribution in [0.4, 0.5) is 0 Å². The van der Waals surface area contributed by atoms with Crippen molar-refractivity contribution >= 4 is 22.7 Å². The molecule has 7 nitrogen and oxygen atoms in total. The largest absolute Gasteiger partial charge is 0.338 e. The molecular weight excluding hydrogens is 402 g/mol. The molecule has 1 atom stereocenters. The predicted molar refractivity (Wildman–Crippen MR) is 123 cm³/mol. The zero-order chi connectivity index (χ0) is 22.1. The maximum atomic E-state index is 13.5. The van der Waals surface area contributed by atoms with Crippen LogP contribution in [0.25, 0.3) is 10.9 Å². The van der Waals surface area contributed by atoms with Gasteiger partial charge in [0.2, 0.25) is 0 Å². The van der Waals surface area contributed by atoms with Gasteiger partial charge in [-0.1, -0.05) is 18.2 Å². The van der Waals surface area contributed by atoms with Crippen molar-refractivity contribution in [3.63, 3.8) is 0 Å². The molecular formula is C25H27N5O2. The molecule has 3 aromatic rings. The van der Waals surface area contributed by atoms with Gasteiger partial charge in [0.15, 0.2) is 0 Å². The topological polar surface area (TPSA) is 69.6 Å². The molecule has 2 aliphatic heterocycles. The summed E-state index contributed by atoms with van der Waals surface area (Å²) in [6.45, 7) is 4.51. The van der Waals surface area contributed by atoms with Gasteiger partial charge in [0.1, 0.15) is 0 Å². The molecule has 7 heteroatoms. The molecule has 1 aromatic carbocycles.